The number of carbonyl (C=O) groups excluding carboxylic acids is 1. The van der Waals surface area contributed by atoms with Crippen molar-refractivity contribution in [1.29, 1.82) is 0 Å². The van der Waals surface area contributed by atoms with Gasteiger partial charge in [-0.3, -0.25) is 0 Å². The van der Waals surface area contributed by atoms with Crippen molar-refractivity contribution in [1.82, 2.24) is 4.90 Å². The molecule has 0 saturated heterocycles. The summed E-state index contributed by atoms with van der Waals surface area (Å²) in [5.74, 6) is -0.204. The Balaban J connectivity index is 2.05. The van der Waals surface area contributed by atoms with Crippen LogP contribution in [0.4, 0.5) is 19.3 Å². The fourth-order valence-corrected chi connectivity index (χ4v) is 2.07. The number of hydrogen-bond acceptors (Lipinski definition) is 3. The molecule has 0 atom stereocenters. The molecule has 2 amide bonds. The molecular weight excluding hydrogens is 306 g/mol. The van der Waals surface area contributed by atoms with E-state index in [-0.39, 0.29) is 30.0 Å². The monoisotopic (exact) mass is 320 g/mol. The van der Waals surface area contributed by atoms with Crippen LogP contribution in [0.1, 0.15) is 12.8 Å². The summed E-state index contributed by atoms with van der Waals surface area (Å²) in [5.41, 5.74) is 0.295. The van der Waals surface area contributed by atoms with Crippen molar-refractivity contribution in [3.8, 4) is 5.75 Å². The molecular formula is C13H15ClF2N2O3. The highest BCUT2D eigenvalue weighted by molar-refractivity contribution is 6.32. The van der Waals surface area contributed by atoms with Crippen LogP contribution in [-0.2, 0) is 0 Å². The highest BCUT2D eigenvalue weighted by atomic mass is 35.5. The summed E-state index contributed by atoms with van der Waals surface area (Å²) in [6, 6.07) is 3.82. The van der Waals surface area contributed by atoms with Gasteiger partial charge in [-0.05, 0) is 25.0 Å². The molecule has 0 aliphatic heterocycles. The Morgan fingerprint density at radius 1 is 1.52 bits per heavy atom. The molecule has 0 unspecified atom stereocenters. The number of amides is 2. The number of halogens is 3. The van der Waals surface area contributed by atoms with Crippen LogP contribution in [-0.4, -0.2) is 41.8 Å². The fourth-order valence-electron chi connectivity index (χ4n) is 1.91. The molecule has 1 aliphatic carbocycles. The maximum Gasteiger partial charge on any atom is 0.387 e. The summed E-state index contributed by atoms with van der Waals surface area (Å²) in [6.07, 6.45) is 1.79. The van der Waals surface area contributed by atoms with Gasteiger partial charge < -0.3 is 20.1 Å². The Bertz CT molecular complexity index is 512. The van der Waals surface area contributed by atoms with E-state index in [2.05, 4.69) is 10.1 Å². The lowest BCUT2D eigenvalue weighted by Crippen LogP contribution is -2.38. The smallest absolute Gasteiger partial charge is 0.387 e. The SMILES string of the molecule is O=C(Nc1ccc(Cl)c(OC(F)F)c1)N(CCO)C1CC1. The van der Waals surface area contributed by atoms with E-state index in [1.807, 2.05) is 0 Å². The van der Waals surface area contributed by atoms with Crippen molar-refractivity contribution in [2.45, 2.75) is 25.5 Å². The van der Waals surface area contributed by atoms with Crippen LogP contribution in [0.3, 0.4) is 0 Å². The number of alkyl halides is 2. The minimum Gasteiger partial charge on any atom is -0.433 e. The molecule has 2 N–H and O–H groups in total. The van der Waals surface area contributed by atoms with E-state index >= 15 is 0 Å². The van der Waals surface area contributed by atoms with Crippen molar-refractivity contribution in [2.75, 3.05) is 18.5 Å². The van der Waals surface area contributed by atoms with Gasteiger partial charge >= 0.3 is 12.6 Å². The normalized spacial score (nSPS) is 14.1. The maximum absolute atomic E-state index is 12.2. The van der Waals surface area contributed by atoms with Crippen LogP contribution in [0.5, 0.6) is 5.75 Å². The van der Waals surface area contributed by atoms with Gasteiger partial charge in [-0.1, -0.05) is 11.6 Å². The first-order valence-electron chi connectivity index (χ1n) is 6.44. The van der Waals surface area contributed by atoms with Crippen LogP contribution in [0.25, 0.3) is 0 Å². The molecule has 2 rings (SSSR count). The average Bonchev–Trinajstić information content (AvgIpc) is 3.23. The zero-order chi connectivity index (χ0) is 15.4. The van der Waals surface area contributed by atoms with E-state index in [0.717, 1.165) is 12.8 Å². The number of aliphatic hydroxyl groups excluding tert-OH is 1. The van der Waals surface area contributed by atoms with E-state index in [9.17, 15) is 13.6 Å². The molecule has 1 aliphatic rings. The molecule has 1 fully saturated rings. The zero-order valence-corrected chi connectivity index (χ0v) is 11.8. The molecule has 1 aromatic rings. The summed E-state index contributed by atoms with van der Waals surface area (Å²) in [5, 5.41) is 11.6. The fraction of sp³-hybridized carbons (Fsp3) is 0.462. The van der Waals surface area contributed by atoms with E-state index in [1.54, 1.807) is 0 Å². The van der Waals surface area contributed by atoms with Gasteiger partial charge in [-0.2, -0.15) is 8.78 Å². The second kappa shape index (κ2) is 6.91. The minimum absolute atomic E-state index is 0.0303. The molecule has 0 aromatic heterocycles. The number of hydrogen-bond donors (Lipinski definition) is 2. The molecule has 8 heteroatoms. The number of ether oxygens (including phenoxy) is 1. The Morgan fingerprint density at radius 2 is 2.24 bits per heavy atom. The number of rotatable bonds is 6. The van der Waals surface area contributed by atoms with Crippen molar-refractivity contribution in [2.24, 2.45) is 0 Å². The summed E-state index contributed by atoms with van der Waals surface area (Å²) >= 11 is 5.74. The van der Waals surface area contributed by atoms with E-state index in [4.69, 9.17) is 16.7 Å². The summed E-state index contributed by atoms with van der Waals surface area (Å²) in [7, 11) is 0. The maximum atomic E-state index is 12.2. The standard InChI is InChI=1S/C13H15ClF2N2O3/c14-10-4-1-8(7-11(10)21-12(15)16)17-13(20)18(5-6-19)9-2-3-9/h1,4,7,9,12,19H,2-3,5-6H2,(H,17,20). The van der Waals surface area contributed by atoms with Crippen LogP contribution < -0.4 is 10.1 Å². The van der Waals surface area contributed by atoms with Crippen molar-refractivity contribution in [3.05, 3.63) is 23.2 Å². The second-order valence-corrected chi connectivity index (χ2v) is 5.01. The lowest BCUT2D eigenvalue weighted by Gasteiger charge is -2.22. The number of benzene rings is 1. The number of nitrogens with zero attached hydrogens (tertiary/aromatic N) is 1. The first kappa shape index (κ1) is 15.8. The Labute approximate surface area is 125 Å². The van der Waals surface area contributed by atoms with Crippen molar-refractivity contribution in [3.63, 3.8) is 0 Å². The van der Waals surface area contributed by atoms with E-state index < -0.39 is 12.6 Å². The van der Waals surface area contributed by atoms with Crippen LogP contribution in [0.2, 0.25) is 5.02 Å². The molecule has 0 spiro atoms. The predicted octanol–water partition coefficient (Wildman–Crippen LogP) is 2.93. The number of anilines is 1. The lowest BCUT2D eigenvalue weighted by atomic mass is 10.3. The third-order valence-corrected chi connectivity index (χ3v) is 3.30. The molecule has 0 radical (unpaired) electrons. The molecule has 0 heterocycles. The Hall–Kier alpha value is -1.60. The molecule has 1 saturated carbocycles. The Kier molecular flexibility index (Phi) is 5.19. The molecule has 0 bridgehead atoms. The summed E-state index contributed by atoms with van der Waals surface area (Å²) in [4.78, 5) is 13.6. The third kappa shape index (κ3) is 4.44. The topological polar surface area (TPSA) is 61.8 Å². The summed E-state index contributed by atoms with van der Waals surface area (Å²) < 4.78 is 28.7. The number of carbonyl (C=O) groups is 1. The van der Waals surface area contributed by atoms with Crippen LogP contribution >= 0.6 is 11.6 Å². The van der Waals surface area contributed by atoms with Crippen LogP contribution in [0.15, 0.2) is 18.2 Å². The summed E-state index contributed by atoms with van der Waals surface area (Å²) in [6.45, 7) is -2.90. The average molecular weight is 321 g/mol. The van der Waals surface area contributed by atoms with Gasteiger partial charge in [0.25, 0.3) is 0 Å². The van der Waals surface area contributed by atoms with Gasteiger partial charge in [-0.25, -0.2) is 4.79 Å². The van der Waals surface area contributed by atoms with E-state index in [1.165, 1.54) is 23.1 Å². The highest BCUT2D eigenvalue weighted by Gasteiger charge is 2.32. The largest absolute Gasteiger partial charge is 0.433 e. The van der Waals surface area contributed by atoms with Gasteiger partial charge in [0, 0.05) is 24.3 Å². The van der Waals surface area contributed by atoms with Crippen molar-refractivity contribution < 1.29 is 23.4 Å². The zero-order valence-electron chi connectivity index (χ0n) is 11.1. The predicted molar refractivity (Wildman–Crippen MR) is 73.9 cm³/mol. The van der Waals surface area contributed by atoms with Gasteiger partial charge in [0.15, 0.2) is 0 Å². The number of nitrogens with one attached hydrogen (secondary N) is 1. The molecule has 116 valence electrons. The van der Waals surface area contributed by atoms with Crippen LogP contribution in [0, 0.1) is 0 Å². The quantitative estimate of drug-likeness (QED) is 0.847. The lowest BCUT2D eigenvalue weighted by molar-refractivity contribution is -0.0497. The van der Waals surface area contributed by atoms with E-state index in [0.29, 0.717) is 5.69 Å². The third-order valence-electron chi connectivity index (χ3n) is 2.99. The van der Waals surface area contributed by atoms with Gasteiger partial charge in [-0.15, -0.1) is 0 Å². The molecule has 1 aromatic carbocycles. The number of aliphatic hydroxyl groups is 1. The molecule has 21 heavy (non-hydrogen) atoms. The minimum atomic E-state index is -2.99. The van der Waals surface area contributed by atoms with Crippen molar-refractivity contribution >= 4 is 23.3 Å². The van der Waals surface area contributed by atoms with Gasteiger partial charge in [0.05, 0.1) is 11.6 Å². The van der Waals surface area contributed by atoms with Gasteiger partial charge in [0.1, 0.15) is 5.75 Å². The molecule has 5 nitrogen and oxygen atoms in total. The number of urea groups is 1. The Morgan fingerprint density at radius 3 is 2.81 bits per heavy atom. The van der Waals surface area contributed by atoms with Gasteiger partial charge in [0.2, 0.25) is 0 Å². The first-order valence-corrected chi connectivity index (χ1v) is 6.82. The second-order valence-electron chi connectivity index (χ2n) is 4.60. The highest BCUT2D eigenvalue weighted by Crippen LogP contribution is 2.30. The first-order chi connectivity index (χ1) is 10.0.